The fourth-order valence-electron chi connectivity index (χ4n) is 1.69. The molecule has 0 bridgehead atoms. The van der Waals surface area contributed by atoms with Crippen molar-refractivity contribution in [1.82, 2.24) is 19.7 Å². The topological polar surface area (TPSA) is 43.6 Å². The average molecular weight is 265 g/mol. The lowest BCUT2D eigenvalue weighted by molar-refractivity contribution is 0.603. The molecule has 5 heteroatoms. The lowest BCUT2D eigenvalue weighted by atomic mass is 10.1. The van der Waals surface area contributed by atoms with Gasteiger partial charge in [0, 0.05) is 18.4 Å². The molecule has 0 saturated carbocycles. The number of aryl methyl sites for hydroxylation is 1. The van der Waals surface area contributed by atoms with Crippen LogP contribution in [0.15, 0.2) is 18.5 Å². The van der Waals surface area contributed by atoms with Crippen molar-refractivity contribution in [1.29, 1.82) is 0 Å². The van der Waals surface area contributed by atoms with Crippen LogP contribution >= 0.6 is 11.6 Å². The molecule has 4 nitrogen and oxygen atoms in total. The molecule has 0 aromatic carbocycles. The van der Waals surface area contributed by atoms with Gasteiger partial charge >= 0.3 is 0 Å². The largest absolute Gasteiger partial charge is 0.272 e. The molecule has 0 unspecified atom stereocenters. The quantitative estimate of drug-likeness (QED) is 0.794. The summed E-state index contributed by atoms with van der Waals surface area (Å²) in [4.78, 5) is 8.79. The number of hydrogen-bond acceptors (Lipinski definition) is 3. The van der Waals surface area contributed by atoms with Crippen molar-refractivity contribution in [2.75, 3.05) is 0 Å². The maximum Gasteiger partial charge on any atom is 0.164 e. The summed E-state index contributed by atoms with van der Waals surface area (Å²) in [7, 11) is 0. The predicted molar refractivity (Wildman–Crippen MR) is 72.6 cm³/mol. The Balaban J connectivity index is 2.36. The molecule has 0 fully saturated rings. The monoisotopic (exact) mass is 264 g/mol. The number of aromatic nitrogens is 4. The van der Waals surface area contributed by atoms with Gasteiger partial charge in [0.1, 0.15) is 5.15 Å². The van der Waals surface area contributed by atoms with Crippen LogP contribution in [-0.4, -0.2) is 19.7 Å². The van der Waals surface area contributed by atoms with Crippen LogP contribution in [0.3, 0.4) is 0 Å². The van der Waals surface area contributed by atoms with E-state index in [0.717, 1.165) is 24.2 Å². The summed E-state index contributed by atoms with van der Waals surface area (Å²) in [6, 6.07) is 1.81. The fourth-order valence-corrected chi connectivity index (χ4v) is 1.88. The Kier molecular flexibility index (Phi) is 3.97. The summed E-state index contributed by atoms with van der Waals surface area (Å²) in [6.07, 6.45) is 4.79. The van der Waals surface area contributed by atoms with Crippen LogP contribution in [0, 0.1) is 0 Å². The standard InChI is InChI=1S/C13H17ClN4/c1-4-5-18-8-10(7-15-18)13-16-11(9(2)3)6-12(14)17-13/h6-9H,4-5H2,1-3H3. The second-order valence-corrected chi connectivity index (χ2v) is 4.97. The van der Waals surface area contributed by atoms with Crippen molar-refractivity contribution in [2.45, 2.75) is 39.7 Å². The third-order valence-corrected chi connectivity index (χ3v) is 2.84. The van der Waals surface area contributed by atoms with Crippen LogP contribution in [0.5, 0.6) is 0 Å². The van der Waals surface area contributed by atoms with Crippen molar-refractivity contribution < 1.29 is 0 Å². The molecule has 2 heterocycles. The third kappa shape index (κ3) is 2.88. The number of hydrogen-bond donors (Lipinski definition) is 0. The fraction of sp³-hybridized carbons (Fsp3) is 0.462. The lowest BCUT2D eigenvalue weighted by Crippen LogP contribution is -1.98. The normalized spacial score (nSPS) is 11.2. The van der Waals surface area contributed by atoms with Crippen molar-refractivity contribution in [2.24, 2.45) is 0 Å². The van der Waals surface area contributed by atoms with Crippen LogP contribution in [0.4, 0.5) is 0 Å². The highest BCUT2D eigenvalue weighted by Crippen LogP contribution is 2.21. The first-order chi connectivity index (χ1) is 8.60. The van der Waals surface area contributed by atoms with Gasteiger partial charge in [0.2, 0.25) is 0 Å². The molecule has 2 rings (SSSR count). The van der Waals surface area contributed by atoms with Crippen LogP contribution in [0.2, 0.25) is 5.15 Å². The van der Waals surface area contributed by atoms with Gasteiger partial charge in [-0.25, -0.2) is 9.97 Å². The second kappa shape index (κ2) is 5.48. The smallest absolute Gasteiger partial charge is 0.164 e. The Morgan fingerprint density at radius 1 is 1.33 bits per heavy atom. The van der Waals surface area contributed by atoms with E-state index in [1.54, 1.807) is 6.20 Å². The van der Waals surface area contributed by atoms with Crippen molar-refractivity contribution in [3.8, 4) is 11.4 Å². The van der Waals surface area contributed by atoms with E-state index in [1.165, 1.54) is 0 Å². The molecule has 0 amide bonds. The Hall–Kier alpha value is -1.42. The first-order valence-electron chi connectivity index (χ1n) is 6.17. The average Bonchev–Trinajstić information content (AvgIpc) is 2.77. The first kappa shape index (κ1) is 13.0. The van der Waals surface area contributed by atoms with E-state index < -0.39 is 0 Å². The summed E-state index contributed by atoms with van der Waals surface area (Å²) in [5, 5.41) is 4.76. The number of halogens is 1. The van der Waals surface area contributed by atoms with Gasteiger partial charge in [-0.05, 0) is 18.4 Å². The van der Waals surface area contributed by atoms with Crippen LogP contribution in [0.1, 0.15) is 38.8 Å². The summed E-state index contributed by atoms with van der Waals surface area (Å²) >= 11 is 6.03. The molecule has 18 heavy (non-hydrogen) atoms. The summed E-state index contributed by atoms with van der Waals surface area (Å²) in [5.41, 5.74) is 1.86. The minimum atomic E-state index is 0.329. The van der Waals surface area contributed by atoms with E-state index in [4.69, 9.17) is 11.6 Å². The molecule has 0 aliphatic rings. The van der Waals surface area contributed by atoms with Crippen LogP contribution in [0.25, 0.3) is 11.4 Å². The molecule has 0 atom stereocenters. The molecule has 0 aliphatic heterocycles. The second-order valence-electron chi connectivity index (χ2n) is 4.59. The van der Waals surface area contributed by atoms with Crippen LogP contribution < -0.4 is 0 Å². The van der Waals surface area contributed by atoms with E-state index in [1.807, 2.05) is 16.9 Å². The van der Waals surface area contributed by atoms with E-state index in [-0.39, 0.29) is 0 Å². The highest BCUT2D eigenvalue weighted by Gasteiger charge is 2.10. The summed E-state index contributed by atoms with van der Waals surface area (Å²) < 4.78 is 1.90. The number of nitrogens with zero attached hydrogens (tertiary/aromatic N) is 4. The zero-order chi connectivity index (χ0) is 13.1. The molecule has 2 aromatic heterocycles. The molecular formula is C13H17ClN4. The molecular weight excluding hydrogens is 248 g/mol. The SMILES string of the molecule is CCCn1cc(-c2nc(Cl)cc(C(C)C)n2)cn1. The molecule has 0 spiro atoms. The van der Waals surface area contributed by atoms with E-state index >= 15 is 0 Å². The number of rotatable bonds is 4. The van der Waals surface area contributed by atoms with Crippen molar-refractivity contribution >= 4 is 11.6 Å². The van der Waals surface area contributed by atoms with E-state index in [9.17, 15) is 0 Å². The summed E-state index contributed by atoms with van der Waals surface area (Å²) in [5.74, 6) is 0.975. The van der Waals surface area contributed by atoms with Crippen molar-refractivity contribution in [3.63, 3.8) is 0 Å². The molecule has 96 valence electrons. The van der Waals surface area contributed by atoms with Gasteiger partial charge in [-0.3, -0.25) is 4.68 Å². The van der Waals surface area contributed by atoms with Crippen molar-refractivity contribution in [3.05, 3.63) is 29.3 Å². The maximum absolute atomic E-state index is 6.03. The van der Waals surface area contributed by atoms with Gasteiger partial charge in [-0.1, -0.05) is 32.4 Å². The molecule has 0 saturated heterocycles. The van der Waals surface area contributed by atoms with E-state index in [0.29, 0.717) is 16.9 Å². The minimum Gasteiger partial charge on any atom is -0.272 e. The highest BCUT2D eigenvalue weighted by molar-refractivity contribution is 6.29. The van der Waals surface area contributed by atoms with Crippen LogP contribution in [-0.2, 0) is 6.54 Å². The minimum absolute atomic E-state index is 0.329. The van der Waals surface area contributed by atoms with Gasteiger partial charge in [0.05, 0.1) is 11.8 Å². The van der Waals surface area contributed by atoms with Gasteiger partial charge in [-0.15, -0.1) is 0 Å². The zero-order valence-corrected chi connectivity index (χ0v) is 11.6. The van der Waals surface area contributed by atoms with E-state index in [2.05, 4.69) is 35.8 Å². The Morgan fingerprint density at radius 3 is 2.78 bits per heavy atom. The third-order valence-electron chi connectivity index (χ3n) is 2.65. The Labute approximate surface area is 112 Å². The van der Waals surface area contributed by atoms with Gasteiger partial charge in [0.25, 0.3) is 0 Å². The predicted octanol–water partition coefficient (Wildman–Crippen LogP) is 3.53. The Bertz CT molecular complexity index is 534. The zero-order valence-electron chi connectivity index (χ0n) is 10.9. The van der Waals surface area contributed by atoms with Gasteiger partial charge in [-0.2, -0.15) is 5.10 Å². The van der Waals surface area contributed by atoms with Gasteiger partial charge in [0.15, 0.2) is 5.82 Å². The molecule has 0 radical (unpaired) electrons. The Morgan fingerprint density at radius 2 is 2.11 bits per heavy atom. The first-order valence-corrected chi connectivity index (χ1v) is 6.55. The highest BCUT2D eigenvalue weighted by atomic mass is 35.5. The molecule has 0 aliphatic carbocycles. The van der Waals surface area contributed by atoms with Gasteiger partial charge < -0.3 is 0 Å². The maximum atomic E-state index is 6.03. The lowest BCUT2D eigenvalue weighted by Gasteiger charge is -2.06. The summed E-state index contributed by atoms with van der Waals surface area (Å²) in [6.45, 7) is 7.19. The molecule has 0 N–H and O–H groups in total. The molecule has 2 aromatic rings.